The molecule has 2 unspecified atom stereocenters. The molecule has 0 amide bonds. The Kier molecular flexibility index (Phi) is 22.8. The molecule has 0 spiro atoms. The predicted octanol–water partition coefficient (Wildman–Crippen LogP) is 8.93. The average Bonchev–Trinajstić information content (AvgIpc) is 1.23. The van der Waals surface area contributed by atoms with Crippen LogP contribution in [0.15, 0.2) is 182 Å². The molecule has 4 saturated heterocycles. The Morgan fingerprint density at radius 3 is 1.43 bits per heavy atom. The first-order valence-corrected chi connectivity index (χ1v) is 36.2. The summed E-state index contributed by atoms with van der Waals surface area (Å²) >= 11 is 0. The van der Waals surface area contributed by atoms with E-state index in [1.807, 2.05) is 24.3 Å². The third-order valence-corrected chi connectivity index (χ3v) is 29.0. The molecule has 492 valence electrons. The Hall–Kier alpha value is -6.08. The molecule has 2 N–H and O–H groups in total. The molecule has 6 aromatic rings. The van der Waals surface area contributed by atoms with Gasteiger partial charge in [0.05, 0.1) is 60.5 Å². The highest BCUT2D eigenvalue weighted by atomic mass is 28.4. The van der Waals surface area contributed by atoms with Crippen LogP contribution < -0.4 is 20.7 Å². The lowest BCUT2D eigenvalue weighted by molar-refractivity contribution is -0.254. The Morgan fingerprint density at radius 1 is 0.511 bits per heavy atom. The Labute approximate surface area is 544 Å². The van der Waals surface area contributed by atoms with Crippen LogP contribution in [0.25, 0.3) is 0 Å². The van der Waals surface area contributed by atoms with Crippen molar-refractivity contribution in [3.05, 3.63) is 193 Å². The summed E-state index contributed by atoms with van der Waals surface area (Å²) in [6.07, 6.45) is -9.05. The molecule has 16 nitrogen and oxygen atoms in total. The molecule has 92 heavy (non-hydrogen) atoms. The SMILES string of the molecule is COC(C[C@@H]1O[C@H](CC(COC(=O)c2ccccc2)OC(=O)c2ccccc2)[C@H](OC)[C@H]1CC(=O)C[C@H]1CC[C@@H]2O[C@@H]3[C@@H](O[C@H](CC(O)CO)[C@@H]3O[Si](c3ccccc3)(c3ccccc3)C(C)(C)C)[C@@H](O[Si](c3ccccc3)(c3ccccc3)C(C)(C)C)[C@H]2O1)OC. The number of Topliss-reactive ketones (excluding diaryl/α,β-unsaturated/α-hetero) is 1. The van der Waals surface area contributed by atoms with Crippen molar-refractivity contribution in [3.8, 4) is 0 Å². The average molecular weight is 1290 g/mol. The first-order chi connectivity index (χ1) is 44.3. The largest absolute Gasteiger partial charge is 0.458 e. The zero-order valence-electron chi connectivity index (χ0n) is 54.5. The number of aliphatic hydroxyl groups is 2. The van der Waals surface area contributed by atoms with E-state index in [0.29, 0.717) is 24.0 Å². The maximum Gasteiger partial charge on any atom is 0.338 e. The molecule has 4 aliphatic rings. The van der Waals surface area contributed by atoms with Crippen molar-refractivity contribution in [3.63, 3.8) is 0 Å². The molecular formula is C74H92O16Si2. The van der Waals surface area contributed by atoms with Crippen LogP contribution in [0.5, 0.6) is 0 Å². The number of hydrogen-bond donors (Lipinski definition) is 2. The van der Waals surface area contributed by atoms with Gasteiger partial charge in [0.25, 0.3) is 16.6 Å². The minimum Gasteiger partial charge on any atom is -0.458 e. The van der Waals surface area contributed by atoms with Crippen molar-refractivity contribution in [2.45, 2.75) is 182 Å². The van der Waals surface area contributed by atoms with E-state index >= 15 is 4.79 Å². The van der Waals surface area contributed by atoms with Gasteiger partial charge in [-0.15, -0.1) is 0 Å². The molecule has 4 fully saturated rings. The van der Waals surface area contributed by atoms with Crippen LogP contribution in [0.4, 0.5) is 0 Å². The summed E-state index contributed by atoms with van der Waals surface area (Å²) in [5.74, 6) is -1.78. The second kappa shape index (κ2) is 30.6. The van der Waals surface area contributed by atoms with Crippen LogP contribution >= 0.6 is 0 Å². The molecule has 4 heterocycles. The van der Waals surface area contributed by atoms with E-state index < -0.39 is 137 Å². The molecule has 4 aliphatic heterocycles. The van der Waals surface area contributed by atoms with Crippen molar-refractivity contribution in [2.24, 2.45) is 5.92 Å². The van der Waals surface area contributed by atoms with E-state index in [1.54, 1.807) is 82.0 Å². The lowest BCUT2D eigenvalue weighted by Gasteiger charge is -2.53. The Balaban J connectivity index is 0.981. The van der Waals surface area contributed by atoms with Gasteiger partial charge in [0, 0.05) is 59.4 Å². The third-order valence-electron chi connectivity index (χ3n) is 18.9. The second-order valence-corrected chi connectivity index (χ2v) is 35.4. The van der Waals surface area contributed by atoms with Crippen molar-refractivity contribution in [1.29, 1.82) is 0 Å². The maximum atomic E-state index is 15.1. The molecule has 0 aromatic heterocycles. The summed E-state index contributed by atoms with van der Waals surface area (Å²) in [4.78, 5) is 42.1. The second-order valence-electron chi connectivity index (χ2n) is 26.9. The van der Waals surface area contributed by atoms with Crippen LogP contribution in [0, 0.1) is 5.92 Å². The smallest absolute Gasteiger partial charge is 0.338 e. The van der Waals surface area contributed by atoms with Gasteiger partial charge < -0.3 is 61.7 Å². The van der Waals surface area contributed by atoms with Gasteiger partial charge in [-0.25, -0.2) is 9.59 Å². The fourth-order valence-electron chi connectivity index (χ4n) is 14.6. The topological polar surface area (TPSA) is 193 Å². The van der Waals surface area contributed by atoms with Crippen LogP contribution in [0.3, 0.4) is 0 Å². The fourth-order valence-corrected chi connectivity index (χ4v) is 24.0. The highest BCUT2D eigenvalue weighted by Crippen LogP contribution is 2.49. The summed E-state index contributed by atoms with van der Waals surface area (Å²) in [6.45, 7) is 12.6. The van der Waals surface area contributed by atoms with Gasteiger partial charge in [-0.3, -0.25) is 4.79 Å². The van der Waals surface area contributed by atoms with Crippen LogP contribution in [-0.2, 0) is 56.3 Å². The van der Waals surface area contributed by atoms with Crippen LogP contribution in [0.2, 0.25) is 10.1 Å². The lowest BCUT2D eigenvalue weighted by Crippen LogP contribution is -2.73. The number of benzene rings is 6. The number of rotatable bonds is 27. The lowest BCUT2D eigenvalue weighted by atomic mass is 9.85. The minimum atomic E-state index is -3.43. The number of ketones is 1. The van der Waals surface area contributed by atoms with Gasteiger partial charge in [0.15, 0.2) is 6.29 Å². The van der Waals surface area contributed by atoms with Crippen molar-refractivity contribution in [1.82, 2.24) is 0 Å². The van der Waals surface area contributed by atoms with Gasteiger partial charge in [0.2, 0.25) is 0 Å². The summed E-state index contributed by atoms with van der Waals surface area (Å²) in [7, 11) is -2.11. The van der Waals surface area contributed by atoms with Gasteiger partial charge in [-0.1, -0.05) is 199 Å². The van der Waals surface area contributed by atoms with Gasteiger partial charge in [-0.05, 0) is 67.9 Å². The molecule has 14 atom stereocenters. The van der Waals surface area contributed by atoms with E-state index in [4.69, 9.17) is 51.5 Å². The zero-order chi connectivity index (χ0) is 65.2. The standard InChI is InChI=1S/C74H92O16Si2/c1-73(2,3)91(55-32-20-12-21-33-55,56-34-22-13-23-35-56)89-67-62(44-52(77)47-75)88-69-68(67)87-60-41-40-53(84-66(60)70(69)90-92(74(4,5)6,57-36-24-14-25-37-57)58-38-26-15-27-39-58)42-51(76)43-59-61(46-64(80-7)81-8)86-63(65(59)82-9)45-54(85-72(79)50-30-18-11-19-31-50)48-83-71(78)49-28-16-10-17-29-49/h10-39,52-54,59-70,75,77H,40-48H2,1-9H3/t52?,53-,54?,59+,60+,61+,62-,63-,65-,66+,67+,68+,69-,70+/m1/s1. The van der Waals surface area contributed by atoms with Gasteiger partial charge >= 0.3 is 11.9 Å². The number of fused-ring (bicyclic) bond motifs is 2. The normalized spacial score (nSPS) is 25.7. The van der Waals surface area contributed by atoms with Crippen LogP contribution in [-0.4, -0.2) is 165 Å². The van der Waals surface area contributed by atoms with Gasteiger partial charge in [0.1, 0.15) is 49.0 Å². The molecule has 0 bridgehead atoms. The first kappa shape index (κ1) is 68.8. The van der Waals surface area contributed by atoms with E-state index in [2.05, 4.69) is 139 Å². The number of hydrogen-bond acceptors (Lipinski definition) is 16. The van der Waals surface area contributed by atoms with Crippen molar-refractivity contribution >= 4 is 55.1 Å². The number of carbonyl (C=O) groups excluding carboxylic acids is 3. The number of ether oxygens (including phenoxy) is 9. The minimum absolute atomic E-state index is 0.0354. The number of esters is 2. The van der Waals surface area contributed by atoms with E-state index in [-0.39, 0.29) is 44.5 Å². The monoisotopic (exact) mass is 1290 g/mol. The number of aliphatic hydroxyl groups excluding tert-OH is 2. The molecule has 18 heteroatoms. The highest BCUT2D eigenvalue weighted by molar-refractivity contribution is 7.00. The summed E-state index contributed by atoms with van der Waals surface area (Å²) in [5.41, 5.74) is 0.670. The van der Waals surface area contributed by atoms with Crippen molar-refractivity contribution in [2.75, 3.05) is 34.5 Å². The predicted molar refractivity (Wildman–Crippen MR) is 355 cm³/mol. The quantitative estimate of drug-likeness (QED) is 0.0282. The maximum absolute atomic E-state index is 15.1. The number of methoxy groups -OCH3 is 3. The van der Waals surface area contributed by atoms with E-state index in [0.717, 1.165) is 20.7 Å². The van der Waals surface area contributed by atoms with E-state index in [9.17, 15) is 19.8 Å². The molecule has 0 aliphatic carbocycles. The molecule has 10 rings (SSSR count). The molecular weight excluding hydrogens is 1200 g/mol. The summed E-state index contributed by atoms with van der Waals surface area (Å²) in [6, 6.07) is 58.9. The summed E-state index contributed by atoms with van der Waals surface area (Å²) < 4.78 is 75.1. The summed E-state index contributed by atoms with van der Waals surface area (Å²) in [5, 5.41) is 25.4. The first-order valence-electron chi connectivity index (χ1n) is 32.4. The van der Waals surface area contributed by atoms with Gasteiger partial charge in [-0.2, -0.15) is 0 Å². The molecule has 6 aromatic carbocycles. The van der Waals surface area contributed by atoms with E-state index in [1.165, 1.54) is 0 Å². The highest BCUT2D eigenvalue weighted by Gasteiger charge is 2.65. The third kappa shape index (κ3) is 15.0. The van der Waals surface area contributed by atoms with Crippen LogP contribution in [0.1, 0.15) is 107 Å². The van der Waals surface area contributed by atoms with Crippen molar-refractivity contribution < 1.29 is 76.1 Å². The Morgan fingerprint density at radius 2 is 0.967 bits per heavy atom. The molecule has 0 radical (unpaired) electrons. The fraction of sp³-hybridized carbons (Fsp3) is 0.473. The molecule has 0 saturated carbocycles. The zero-order valence-corrected chi connectivity index (χ0v) is 56.5. The number of carbonyl (C=O) groups is 3. The Bertz CT molecular complexity index is 3200.